The first kappa shape index (κ1) is 26.4. The maximum Gasteiger partial charge on any atom is 0.337 e. The van der Waals surface area contributed by atoms with E-state index < -0.39 is 30.4 Å². The van der Waals surface area contributed by atoms with E-state index in [4.69, 9.17) is 9.47 Å². The minimum atomic E-state index is -0.689. The number of benzene rings is 4. The molecule has 0 saturated carbocycles. The van der Waals surface area contributed by atoms with Crippen molar-refractivity contribution in [2.45, 2.75) is 6.42 Å². The second-order valence-electron chi connectivity index (χ2n) is 9.20. The molecule has 40 heavy (non-hydrogen) atoms. The van der Waals surface area contributed by atoms with E-state index in [0.717, 1.165) is 16.5 Å². The molecule has 1 saturated heterocycles. The maximum absolute atomic E-state index is 12.7. The Hall–Kier alpha value is -5.18. The zero-order valence-electron chi connectivity index (χ0n) is 21.7. The number of carbonyl (C=O) groups excluding carboxylic acids is 4. The molecule has 2 amide bonds. The summed E-state index contributed by atoms with van der Waals surface area (Å²) in [6.45, 7) is -0.347. The molecule has 4 aromatic carbocycles. The quantitative estimate of drug-likeness (QED) is 0.316. The third-order valence-corrected chi connectivity index (χ3v) is 6.52. The molecule has 1 N–H and O–H groups in total. The molecule has 0 unspecified atom stereocenters. The topological polar surface area (TPSA) is 111 Å². The Labute approximate surface area is 230 Å². The molecule has 0 spiro atoms. The number of nitrogens with one attached hydrogen (secondary N) is 1. The summed E-state index contributed by atoms with van der Waals surface area (Å²) in [5.41, 5.74) is 1.41. The van der Waals surface area contributed by atoms with E-state index in [1.165, 1.54) is 36.3 Å². The van der Waals surface area contributed by atoms with Gasteiger partial charge in [-0.1, -0.05) is 36.4 Å². The van der Waals surface area contributed by atoms with Gasteiger partial charge in [-0.05, 0) is 60.0 Å². The molecular formula is C31H26N2O7. The van der Waals surface area contributed by atoms with Crippen molar-refractivity contribution in [3.05, 3.63) is 96.6 Å². The first-order valence-electron chi connectivity index (χ1n) is 12.6. The summed E-state index contributed by atoms with van der Waals surface area (Å²) < 4.78 is 15.9. The molecule has 5 rings (SSSR count). The Morgan fingerprint density at radius 2 is 1.62 bits per heavy atom. The number of ether oxygens (including phenoxy) is 3. The normalized spacial score (nSPS) is 14.6. The summed E-state index contributed by atoms with van der Waals surface area (Å²) in [5, 5.41) is 4.66. The van der Waals surface area contributed by atoms with Crippen LogP contribution in [0.4, 0.5) is 11.4 Å². The number of methoxy groups -OCH3 is 1. The number of hydrogen-bond acceptors (Lipinski definition) is 7. The minimum Gasteiger partial charge on any atom is -0.465 e. The Morgan fingerprint density at radius 1 is 0.900 bits per heavy atom. The van der Waals surface area contributed by atoms with Crippen molar-refractivity contribution in [3.8, 4) is 11.5 Å². The van der Waals surface area contributed by atoms with Crippen LogP contribution in [-0.4, -0.2) is 44.0 Å². The van der Waals surface area contributed by atoms with Crippen LogP contribution in [0.5, 0.6) is 11.5 Å². The lowest BCUT2D eigenvalue weighted by atomic mass is 10.1. The zero-order chi connectivity index (χ0) is 28.1. The lowest BCUT2D eigenvalue weighted by Crippen LogP contribution is -2.28. The van der Waals surface area contributed by atoms with Gasteiger partial charge in [0.15, 0.2) is 6.61 Å². The Bertz CT molecular complexity index is 1560. The molecule has 1 atom stereocenters. The Morgan fingerprint density at radius 3 is 2.38 bits per heavy atom. The maximum atomic E-state index is 12.7. The van der Waals surface area contributed by atoms with Crippen LogP contribution in [0.1, 0.15) is 16.8 Å². The van der Waals surface area contributed by atoms with Crippen molar-refractivity contribution in [2.75, 3.05) is 30.5 Å². The average Bonchev–Trinajstić information content (AvgIpc) is 3.38. The summed E-state index contributed by atoms with van der Waals surface area (Å²) in [6, 6.07) is 27.0. The molecule has 0 radical (unpaired) electrons. The van der Waals surface area contributed by atoms with Crippen molar-refractivity contribution in [3.63, 3.8) is 0 Å². The molecule has 1 fully saturated rings. The highest BCUT2D eigenvalue weighted by molar-refractivity contribution is 6.00. The van der Waals surface area contributed by atoms with Crippen molar-refractivity contribution in [1.82, 2.24) is 0 Å². The molecule has 0 aromatic heterocycles. The van der Waals surface area contributed by atoms with E-state index in [0.29, 0.717) is 22.7 Å². The second-order valence-corrected chi connectivity index (χ2v) is 9.20. The Kier molecular flexibility index (Phi) is 7.72. The average molecular weight is 539 g/mol. The van der Waals surface area contributed by atoms with E-state index in [-0.39, 0.29) is 18.9 Å². The molecule has 4 aromatic rings. The predicted molar refractivity (Wildman–Crippen MR) is 148 cm³/mol. The molecule has 9 nitrogen and oxygen atoms in total. The second kappa shape index (κ2) is 11.7. The van der Waals surface area contributed by atoms with Crippen LogP contribution in [0.2, 0.25) is 0 Å². The predicted octanol–water partition coefficient (Wildman–Crippen LogP) is 4.95. The van der Waals surface area contributed by atoms with Gasteiger partial charge in [0.25, 0.3) is 5.91 Å². The van der Waals surface area contributed by atoms with Gasteiger partial charge < -0.3 is 24.4 Å². The SMILES string of the molecule is COC(=O)c1ccc(NC(=O)COC(=O)[C@H]2CC(=O)N(c3ccc(Oc4cccc5ccccc45)cc3)C2)cc1. The number of nitrogens with zero attached hydrogens (tertiary/aromatic N) is 1. The first-order chi connectivity index (χ1) is 19.4. The van der Waals surface area contributed by atoms with Gasteiger partial charge in [0.05, 0.1) is 18.6 Å². The minimum absolute atomic E-state index is 0.0102. The number of amides is 2. The van der Waals surface area contributed by atoms with E-state index in [9.17, 15) is 19.2 Å². The number of anilines is 2. The highest BCUT2D eigenvalue weighted by atomic mass is 16.5. The smallest absolute Gasteiger partial charge is 0.337 e. The lowest BCUT2D eigenvalue weighted by Gasteiger charge is -2.17. The number of esters is 2. The van der Waals surface area contributed by atoms with E-state index in [1.807, 2.05) is 42.5 Å². The van der Waals surface area contributed by atoms with Crippen LogP contribution in [0, 0.1) is 5.92 Å². The molecule has 9 heteroatoms. The third kappa shape index (κ3) is 5.94. The van der Waals surface area contributed by atoms with Gasteiger partial charge in [-0.3, -0.25) is 14.4 Å². The van der Waals surface area contributed by atoms with Crippen LogP contribution < -0.4 is 15.0 Å². The zero-order valence-corrected chi connectivity index (χ0v) is 21.7. The summed E-state index contributed by atoms with van der Waals surface area (Å²) in [5.74, 6) is -1.20. The summed E-state index contributed by atoms with van der Waals surface area (Å²) in [4.78, 5) is 50.5. The van der Waals surface area contributed by atoms with Crippen LogP contribution in [0.15, 0.2) is 91.0 Å². The van der Waals surface area contributed by atoms with Crippen molar-refractivity contribution in [2.24, 2.45) is 5.92 Å². The number of carbonyl (C=O) groups is 4. The van der Waals surface area contributed by atoms with Crippen LogP contribution in [0.3, 0.4) is 0 Å². The molecular weight excluding hydrogens is 512 g/mol. The van der Waals surface area contributed by atoms with Crippen molar-refractivity contribution >= 4 is 45.9 Å². The standard InChI is InChI=1S/C31H26N2O7/c1-38-30(36)21-9-11-23(12-10-21)32-28(34)19-39-31(37)22-17-29(35)33(18-22)24-13-15-25(16-14-24)40-27-8-4-6-20-5-2-3-7-26(20)27/h2-16,22H,17-19H2,1H3,(H,32,34)/t22-/m0/s1. The van der Waals surface area contributed by atoms with E-state index in [2.05, 4.69) is 10.1 Å². The van der Waals surface area contributed by atoms with Crippen molar-refractivity contribution in [1.29, 1.82) is 0 Å². The van der Waals surface area contributed by atoms with Gasteiger partial charge in [-0.15, -0.1) is 0 Å². The number of rotatable bonds is 8. The fourth-order valence-corrected chi connectivity index (χ4v) is 4.48. The van der Waals surface area contributed by atoms with Crippen LogP contribution >= 0.6 is 0 Å². The van der Waals surface area contributed by atoms with Crippen LogP contribution in [0.25, 0.3) is 10.8 Å². The highest BCUT2D eigenvalue weighted by Crippen LogP contribution is 2.32. The summed E-state index contributed by atoms with van der Waals surface area (Å²) in [6.07, 6.45) is -0.0102. The molecule has 0 aliphatic carbocycles. The summed E-state index contributed by atoms with van der Waals surface area (Å²) in [7, 11) is 1.28. The van der Waals surface area contributed by atoms with Crippen molar-refractivity contribution < 1.29 is 33.4 Å². The van der Waals surface area contributed by atoms with Gasteiger partial charge in [0, 0.05) is 29.7 Å². The number of hydrogen-bond donors (Lipinski definition) is 1. The fraction of sp³-hybridized carbons (Fsp3) is 0.161. The lowest BCUT2D eigenvalue weighted by molar-refractivity contribution is -0.151. The Balaban J connectivity index is 1.14. The van der Waals surface area contributed by atoms with Crippen LogP contribution in [-0.2, 0) is 23.9 Å². The van der Waals surface area contributed by atoms with E-state index >= 15 is 0 Å². The van der Waals surface area contributed by atoms with Gasteiger partial charge in [-0.25, -0.2) is 4.79 Å². The largest absolute Gasteiger partial charge is 0.465 e. The van der Waals surface area contributed by atoms with Gasteiger partial charge >= 0.3 is 11.9 Å². The number of fused-ring (bicyclic) bond motifs is 1. The molecule has 1 heterocycles. The van der Waals surface area contributed by atoms with Gasteiger partial charge in [0.1, 0.15) is 11.5 Å². The monoisotopic (exact) mass is 538 g/mol. The van der Waals surface area contributed by atoms with Gasteiger partial charge in [-0.2, -0.15) is 0 Å². The molecule has 1 aliphatic rings. The molecule has 1 aliphatic heterocycles. The third-order valence-electron chi connectivity index (χ3n) is 6.52. The first-order valence-corrected chi connectivity index (χ1v) is 12.6. The molecule has 202 valence electrons. The summed E-state index contributed by atoms with van der Waals surface area (Å²) >= 11 is 0. The van der Waals surface area contributed by atoms with Gasteiger partial charge in [0.2, 0.25) is 5.91 Å². The van der Waals surface area contributed by atoms with E-state index in [1.54, 1.807) is 24.3 Å². The molecule has 0 bridgehead atoms. The fourth-order valence-electron chi connectivity index (χ4n) is 4.48. The highest BCUT2D eigenvalue weighted by Gasteiger charge is 2.36.